The maximum absolute atomic E-state index is 12.9. The Morgan fingerprint density at radius 1 is 1.19 bits per heavy atom. The van der Waals surface area contributed by atoms with Crippen LogP contribution in [0, 0.1) is 23.2 Å². The van der Waals surface area contributed by atoms with Crippen molar-refractivity contribution < 1.29 is 23.8 Å². The maximum atomic E-state index is 12.9. The van der Waals surface area contributed by atoms with Gasteiger partial charge in [-0.15, -0.1) is 0 Å². The number of benzene rings is 1. The molecule has 2 aliphatic carbocycles. The Kier molecular flexibility index (Phi) is 4.51. The summed E-state index contributed by atoms with van der Waals surface area (Å²) < 4.78 is 16.8. The summed E-state index contributed by atoms with van der Waals surface area (Å²) in [6, 6.07) is 9.60. The molecule has 1 aliphatic heterocycles. The number of fused-ring (bicyclic) bond motifs is 5. The lowest BCUT2D eigenvalue weighted by Crippen LogP contribution is -2.44. The summed E-state index contributed by atoms with van der Waals surface area (Å²) in [4.78, 5) is 25.7. The summed E-state index contributed by atoms with van der Waals surface area (Å²) in [7, 11) is 0. The summed E-state index contributed by atoms with van der Waals surface area (Å²) in [5, 5.41) is 0. The minimum absolute atomic E-state index is 0.0772. The predicted octanol–water partition coefficient (Wildman–Crippen LogP) is 3.11. The molecule has 1 aromatic rings. The summed E-state index contributed by atoms with van der Waals surface area (Å²) in [5.74, 6) is -1.40. The van der Waals surface area contributed by atoms with Crippen LogP contribution in [0.5, 0.6) is 0 Å². The van der Waals surface area contributed by atoms with Gasteiger partial charge in [0, 0.05) is 11.3 Å². The Bertz CT molecular complexity index is 687. The van der Waals surface area contributed by atoms with Crippen LogP contribution in [-0.2, 0) is 30.4 Å². The lowest BCUT2D eigenvalue weighted by atomic mass is 9.71. The highest BCUT2D eigenvalue weighted by molar-refractivity contribution is 5.85. The molecule has 0 amide bonds. The lowest BCUT2D eigenvalue weighted by Gasteiger charge is -2.32. The predicted molar refractivity (Wildman–Crippen MR) is 94.0 cm³/mol. The van der Waals surface area contributed by atoms with E-state index in [1.807, 2.05) is 30.3 Å². The first-order valence-corrected chi connectivity index (χ1v) is 9.59. The zero-order valence-electron chi connectivity index (χ0n) is 15.4. The molecular weight excluding hydrogens is 332 g/mol. The fourth-order valence-electron chi connectivity index (χ4n) is 4.97. The molecule has 3 aliphatic rings. The number of epoxide rings is 1. The molecule has 0 spiro atoms. The average Bonchev–Trinajstić information content (AvgIpc) is 3.34. The van der Waals surface area contributed by atoms with Crippen molar-refractivity contribution in [2.75, 3.05) is 6.61 Å². The number of carbonyl (C=O) groups is 2. The van der Waals surface area contributed by atoms with Crippen molar-refractivity contribution >= 4 is 11.9 Å². The molecule has 26 heavy (non-hydrogen) atoms. The van der Waals surface area contributed by atoms with Gasteiger partial charge in [-0.1, -0.05) is 50.6 Å². The van der Waals surface area contributed by atoms with Gasteiger partial charge in [0.15, 0.2) is 0 Å². The van der Waals surface area contributed by atoms with E-state index in [4.69, 9.17) is 14.2 Å². The molecule has 1 heterocycles. The third-order valence-corrected chi connectivity index (χ3v) is 6.30. The van der Waals surface area contributed by atoms with Gasteiger partial charge < -0.3 is 14.2 Å². The zero-order chi connectivity index (χ0) is 18.3. The fourth-order valence-corrected chi connectivity index (χ4v) is 4.97. The highest BCUT2D eigenvalue weighted by Gasteiger charge is 2.76. The monoisotopic (exact) mass is 358 g/mol. The van der Waals surface area contributed by atoms with Crippen LogP contribution >= 0.6 is 0 Å². The standard InChI is InChI=1S/C21H26O5/c1-3-4-10-24-19(22)15-14-11-21(2,18-17(14)26-18)16(15)20(23)25-12-13-8-6-5-7-9-13/h5-9,14-18H,3-4,10-12H2,1-2H3. The number of hydrogen-bond donors (Lipinski definition) is 0. The second-order valence-electron chi connectivity index (χ2n) is 8.01. The van der Waals surface area contributed by atoms with E-state index in [1.54, 1.807) is 0 Å². The van der Waals surface area contributed by atoms with Crippen LogP contribution < -0.4 is 0 Å². The van der Waals surface area contributed by atoms with Gasteiger partial charge in [0.25, 0.3) is 0 Å². The van der Waals surface area contributed by atoms with E-state index < -0.39 is 11.8 Å². The van der Waals surface area contributed by atoms with Crippen LogP contribution in [0.2, 0.25) is 0 Å². The van der Waals surface area contributed by atoms with Crippen molar-refractivity contribution in [2.45, 2.75) is 51.9 Å². The molecule has 6 unspecified atom stereocenters. The van der Waals surface area contributed by atoms with E-state index in [0.717, 1.165) is 24.8 Å². The number of rotatable bonds is 7. The first-order chi connectivity index (χ1) is 12.6. The normalized spacial score (nSPS) is 36.5. The summed E-state index contributed by atoms with van der Waals surface area (Å²) in [6.07, 6.45) is 2.84. The van der Waals surface area contributed by atoms with Crippen LogP contribution in [0.4, 0.5) is 0 Å². The second kappa shape index (κ2) is 6.69. The molecule has 1 saturated heterocycles. The van der Waals surface area contributed by atoms with E-state index in [9.17, 15) is 9.59 Å². The topological polar surface area (TPSA) is 65.1 Å². The summed E-state index contributed by atoms with van der Waals surface area (Å²) in [6.45, 7) is 4.75. The average molecular weight is 358 g/mol. The molecule has 4 rings (SSSR count). The number of unbranched alkanes of at least 4 members (excludes halogenated alkanes) is 1. The summed E-state index contributed by atoms with van der Waals surface area (Å²) >= 11 is 0. The molecular formula is C21H26O5. The van der Waals surface area contributed by atoms with Crippen molar-refractivity contribution in [3.63, 3.8) is 0 Å². The van der Waals surface area contributed by atoms with Gasteiger partial charge in [0.05, 0.1) is 30.7 Å². The Hall–Kier alpha value is -1.88. The van der Waals surface area contributed by atoms with E-state index in [2.05, 4.69) is 13.8 Å². The van der Waals surface area contributed by atoms with Gasteiger partial charge in [-0.25, -0.2) is 0 Å². The molecule has 0 N–H and O–H groups in total. The van der Waals surface area contributed by atoms with E-state index in [-0.39, 0.29) is 42.1 Å². The second-order valence-corrected chi connectivity index (χ2v) is 8.01. The minimum Gasteiger partial charge on any atom is -0.465 e. The van der Waals surface area contributed by atoms with Crippen molar-refractivity contribution in [3.05, 3.63) is 35.9 Å². The molecule has 2 bridgehead atoms. The van der Waals surface area contributed by atoms with Gasteiger partial charge in [-0.3, -0.25) is 9.59 Å². The van der Waals surface area contributed by atoms with Crippen molar-refractivity contribution in [2.24, 2.45) is 23.2 Å². The first kappa shape index (κ1) is 17.5. The van der Waals surface area contributed by atoms with Crippen LogP contribution in [0.15, 0.2) is 30.3 Å². The van der Waals surface area contributed by atoms with Crippen molar-refractivity contribution in [1.29, 1.82) is 0 Å². The van der Waals surface area contributed by atoms with Gasteiger partial charge in [0.2, 0.25) is 0 Å². The lowest BCUT2D eigenvalue weighted by molar-refractivity contribution is -0.166. The molecule has 0 aromatic heterocycles. The van der Waals surface area contributed by atoms with Crippen LogP contribution in [0.3, 0.4) is 0 Å². The Morgan fingerprint density at radius 2 is 1.96 bits per heavy atom. The van der Waals surface area contributed by atoms with Crippen LogP contribution in [0.25, 0.3) is 0 Å². The SMILES string of the molecule is CCCCOC(=O)C1C2CC(C)(C3OC23)C1C(=O)OCc1ccccc1. The van der Waals surface area contributed by atoms with Crippen LogP contribution in [-0.4, -0.2) is 30.8 Å². The molecule has 0 radical (unpaired) electrons. The Balaban J connectivity index is 1.48. The van der Waals surface area contributed by atoms with Gasteiger partial charge >= 0.3 is 11.9 Å². The summed E-state index contributed by atoms with van der Waals surface area (Å²) in [5.41, 5.74) is 0.620. The molecule has 2 saturated carbocycles. The van der Waals surface area contributed by atoms with E-state index in [1.165, 1.54) is 0 Å². The van der Waals surface area contributed by atoms with E-state index >= 15 is 0 Å². The quantitative estimate of drug-likeness (QED) is 0.426. The smallest absolute Gasteiger partial charge is 0.310 e. The third kappa shape index (κ3) is 2.82. The molecule has 1 aromatic carbocycles. The minimum atomic E-state index is -0.478. The number of carbonyl (C=O) groups excluding carboxylic acids is 2. The Morgan fingerprint density at radius 3 is 2.69 bits per heavy atom. The van der Waals surface area contributed by atoms with Crippen LogP contribution in [0.1, 0.15) is 38.7 Å². The molecule has 6 atom stereocenters. The third-order valence-electron chi connectivity index (χ3n) is 6.30. The van der Waals surface area contributed by atoms with Crippen molar-refractivity contribution in [3.8, 4) is 0 Å². The number of hydrogen-bond acceptors (Lipinski definition) is 5. The van der Waals surface area contributed by atoms with E-state index in [0.29, 0.717) is 6.61 Å². The zero-order valence-corrected chi connectivity index (χ0v) is 15.4. The maximum Gasteiger partial charge on any atom is 0.310 e. The molecule has 3 fully saturated rings. The van der Waals surface area contributed by atoms with Crippen molar-refractivity contribution in [1.82, 2.24) is 0 Å². The highest BCUT2D eigenvalue weighted by Crippen LogP contribution is 2.68. The van der Waals surface area contributed by atoms with Gasteiger partial charge in [-0.2, -0.15) is 0 Å². The highest BCUT2D eigenvalue weighted by atomic mass is 16.6. The van der Waals surface area contributed by atoms with Gasteiger partial charge in [-0.05, 0) is 18.4 Å². The molecule has 5 nitrogen and oxygen atoms in total. The largest absolute Gasteiger partial charge is 0.465 e. The van der Waals surface area contributed by atoms with Gasteiger partial charge in [0.1, 0.15) is 6.61 Å². The molecule has 5 heteroatoms. The number of ether oxygens (including phenoxy) is 3. The number of esters is 2. The fraction of sp³-hybridized carbons (Fsp3) is 0.619. The molecule has 140 valence electrons. The first-order valence-electron chi connectivity index (χ1n) is 9.59. The Labute approximate surface area is 154 Å².